The maximum atomic E-state index is 9.22. The molecule has 1 atom stereocenters. The molecule has 152 valence electrons. The highest BCUT2D eigenvalue weighted by molar-refractivity contribution is 5.89. The monoisotopic (exact) mass is 388 g/mol. The third-order valence-corrected chi connectivity index (χ3v) is 6.63. The molecule has 1 heterocycles. The van der Waals surface area contributed by atoms with Crippen LogP contribution in [-0.4, -0.2) is 35.7 Å². The third kappa shape index (κ3) is 3.77. The largest absolute Gasteiger partial charge is 0.396 e. The number of nitrogens with zero attached hydrogens (tertiary/aromatic N) is 1. The van der Waals surface area contributed by atoms with Crippen LogP contribution in [0.3, 0.4) is 0 Å². The number of aliphatic hydroxyl groups is 1. The Morgan fingerprint density at radius 2 is 1.76 bits per heavy atom. The van der Waals surface area contributed by atoms with Gasteiger partial charge in [-0.1, -0.05) is 54.6 Å². The molecule has 0 aliphatic heterocycles. The number of aromatic nitrogens is 1. The van der Waals surface area contributed by atoms with E-state index in [2.05, 4.69) is 84.7 Å². The molecule has 29 heavy (non-hydrogen) atoms. The number of H-pyrrole nitrogens is 1. The van der Waals surface area contributed by atoms with E-state index in [0.29, 0.717) is 0 Å². The second kappa shape index (κ2) is 8.56. The van der Waals surface area contributed by atoms with Gasteiger partial charge in [0.1, 0.15) is 0 Å². The Balaban J connectivity index is 1.69. The Morgan fingerprint density at radius 1 is 1.00 bits per heavy atom. The average Bonchev–Trinajstić information content (AvgIpc) is 3.13. The lowest BCUT2D eigenvalue weighted by atomic mass is 9.75. The van der Waals surface area contributed by atoms with Crippen LogP contribution in [0.25, 0.3) is 16.5 Å². The van der Waals surface area contributed by atoms with Crippen LogP contribution in [0.5, 0.6) is 0 Å². The summed E-state index contributed by atoms with van der Waals surface area (Å²) in [6.07, 6.45) is 8.53. The first-order valence-electron chi connectivity index (χ1n) is 10.8. The summed E-state index contributed by atoms with van der Waals surface area (Å²) < 4.78 is 0. The number of benzene rings is 2. The lowest BCUT2D eigenvalue weighted by Gasteiger charge is -2.43. The summed E-state index contributed by atoms with van der Waals surface area (Å²) >= 11 is 0. The van der Waals surface area contributed by atoms with Crippen molar-refractivity contribution in [3.63, 3.8) is 0 Å². The minimum atomic E-state index is 0.0633. The van der Waals surface area contributed by atoms with Crippen LogP contribution in [0.2, 0.25) is 0 Å². The van der Waals surface area contributed by atoms with Gasteiger partial charge in [-0.05, 0) is 75.4 Å². The molecule has 0 radical (unpaired) electrons. The molecule has 2 aromatic carbocycles. The Bertz CT molecular complexity index is 986. The molecule has 1 aromatic heterocycles. The molecule has 0 saturated carbocycles. The number of allylic oxidation sites excluding steroid dienone is 1. The molecular formula is C26H32N2O. The number of hydrogen-bond donors (Lipinski definition) is 2. The quantitative estimate of drug-likeness (QED) is 0.524. The number of hydrogen-bond acceptors (Lipinski definition) is 2. The first-order chi connectivity index (χ1) is 14.2. The van der Waals surface area contributed by atoms with Gasteiger partial charge in [0.05, 0.1) is 0 Å². The fraction of sp³-hybridized carbons (Fsp3) is 0.385. The van der Waals surface area contributed by atoms with Gasteiger partial charge in [0.15, 0.2) is 0 Å². The van der Waals surface area contributed by atoms with E-state index in [-0.39, 0.29) is 12.1 Å². The maximum Gasteiger partial charge on any atom is 0.0492 e. The minimum Gasteiger partial charge on any atom is -0.396 e. The van der Waals surface area contributed by atoms with Gasteiger partial charge < -0.3 is 10.1 Å². The van der Waals surface area contributed by atoms with Crippen LogP contribution in [-0.2, 0) is 12.0 Å². The van der Waals surface area contributed by atoms with Crippen molar-refractivity contribution in [1.82, 2.24) is 9.88 Å². The zero-order chi connectivity index (χ0) is 20.3. The van der Waals surface area contributed by atoms with Gasteiger partial charge in [0, 0.05) is 28.7 Å². The van der Waals surface area contributed by atoms with E-state index in [4.69, 9.17) is 0 Å². The number of fused-ring (bicyclic) bond motifs is 1. The number of aromatic amines is 1. The number of unbranched alkanes of at least 4 members (excludes halogenated alkanes) is 1. The van der Waals surface area contributed by atoms with E-state index in [0.717, 1.165) is 38.5 Å². The van der Waals surface area contributed by atoms with Crippen LogP contribution in [0, 0.1) is 0 Å². The Hall–Kier alpha value is -2.36. The number of rotatable bonds is 7. The molecule has 0 fully saturated rings. The molecule has 0 bridgehead atoms. The third-order valence-electron chi connectivity index (χ3n) is 6.63. The second-order valence-corrected chi connectivity index (χ2v) is 8.43. The molecule has 1 unspecified atom stereocenters. The Labute approximate surface area is 174 Å². The molecule has 0 saturated heterocycles. The Morgan fingerprint density at radius 3 is 2.45 bits per heavy atom. The van der Waals surface area contributed by atoms with Crippen LogP contribution < -0.4 is 0 Å². The van der Waals surface area contributed by atoms with Crippen molar-refractivity contribution in [2.24, 2.45) is 0 Å². The van der Waals surface area contributed by atoms with E-state index >= 15 is 0 Å². The molecule has 1 aliphatic carbocycles. The molecular weight excluding hydrogens is 356 g/mol. The number of aliphatic hydroxyl groups excluding tert-OH is 1. The van der Waals surface area contributed by atoms with Crippen LogP contribution >= 0.6 is 0 Å². The van der Waals surface area contributed by atoms with Crippen molar-refractivity contribution in [3.05, 3.63) is 77.5 Å². The normalized spacial score (nSPS) is 19.7. The molecule has 1 aliphatic rings. The number of nitrogens with one attached hydrogen (secondary N) is 1. The summed E-state index contributed by atoms with van der Waals surface area (Å²) in [7, 11) is 4.41. The standard InChI is InChI=1S/C26H32N2O/c1-28(2)26(21-10-4-3-5-11-21)17-15-20(16-18-26)25-23(13-8-9-19-29)22-12-6-7-14-24(22)27-25/h3-7,10-12,14-15,27,29H,8-9,13,16-19H2,1-2H3. The van der Waals surface area contributed by atoms with E-state index in [1.807, 2.05) is 0 Å². The van der Waals surface area contributed by atoms with E-state index < -0.39 is 0 Å². The zero-order valence-corrected chi connectivity index (χ0v) is 17.6. The maximum absolute atomic E-state index is 9.22. The molecule has 2 N–H and O–H groups in total. The van der Waals surface area contributed by atoms with Gasteiger partial charge in [-0.25, -0.2) is 0 Å². The highest BCUT2D eigenvalue weighted by atomic mass is 16.2. The average molecular weight is 389 g/mol. The highest BCUT2D eigenvalue weighted by Gasteiger charge is 2.36. The van der Waals surface area contributed by atoms with Gasteiger partial charge in [-0.2, -0.15) is 0 Å². The van der Waals surface area contributed by atoms with Crippen LogP contribution in [0.15, 0.2) is 60.7 Å². The first-order valence-corrected chi connectivity index (χ1v) is 10.8. The molecule has 3 heteroatoms. The SMILES string of the molecule is CN(C)C1(c2ccccc2)CC=C(c2[nH]c3ccccc3c2CCCCO)CC1. The fourth-order valence-electron chi connectivity index (χ4n) is 4.89. The van der Waals surface area contributed by atoms with Gasteiger partial charge in [-0.15, -0.1) is 0 Å². The predicted molar refractivity (Wildman–Crippen MR) is 122 cm³/mol. The molecule has 0 amide bonds. The summed E-state index contributed by atoms with van der Waals surface area (Å²) in [5.41, 5.74) is 6.85. The highest BCUT2D eigenvalue weighted by Crippen LogP contribution is 2.43. The fourth-order valence-corrected chi connectivity index (χ4v) is 4.89. The molecule has 3 aromatic rings. The minimum absolute atomic E-state index is 0.0633. The van der Waals surface area contributed by atoms with Crippen LogP contribution in [0.1, 0.15) is 48.9 Å². The summed E-state index contributed by atoms with van der Waals surface area (Å²) in [6.45, 7) is 0.267. The van der Waals surface area contributed by atoms with Crippen molar-refractivity contribution < 1.29 is 5.11 Å². The summed E-state index contributed by atoms with van der Waals surface area (Å²) in [5.74, 6) is 0. The smallest absolute Gasteiger partial charge is 0.0492 e. The molecule has 0 spiro atoms. The summed E-state index contributed by atoms with van der Waals surface area (Å²) in [6, 6.07) is 19.5. The Kier molecular flexibility index (Phi) is 5.89. The van der Waals surface area contributed by atoms with Crippen molar-refractivity contribution in [2.75, 3.05) is 20.7 Å². The predicted octanol–water partition coefficient (Wildman–Crippen LogP) is 5.51. The van der Waals surface area contributed by atoms with Gasteiger partial charge in [0.2, 0.25) is 0 Å². The van der Waals surface area contributed by atoms with Gasteiger partial charge in [-0.3, -0.25) is 4.90 Å². The number of aryl methyl sites for hydroxylation is 1. The second-order valence-electron chi connectivity index (χ2n) is 8.43. The van der Waals surface area contributed by atoms with Crippen LogP contribution in [0.4, 0.5) is 0 Å². The van der Waals surface area contributed by atoms with Crippen molar-refractivity contribution in [2.45, 2.75) is 44.1 Å². The van der Waals surface area contributed by atoms with Gasteiger partial charge >= 0.3 is 0 Å². The van der Waals surface area contributed by atoms with E-state index in [1.54, 1.807) is 0 Å². The lowest BCUT2D eigenvalue weighted by molar-refractivity contribution is 0.138. The molecule has 4 rings (SSSR count). The van der Waals surface area contributed by atoms with Crippen molar-refractivity contribution in [1.29, 1.82) is 0 Å². The summed E-state index contributed by atoms with van der Waals surface area (Å²) in [4.78, 5) is 6.10. The zero-order valence-electron chi connectivity index (χ0n) is 17.6. The first kappa shape index (κ1) is 19.9. The van der Waals surface area contributed by atoms with Gasteiger partial charge in [0.25, 0.3) is 0 Å². The lowest BCUT2D eigenvalue weighted by Crippen LogP contribution is -2.42. The molecule has 3 nitrogen and oxygen atoms in total. The topological polar surface area (TPSA) is 39.3 Å². The summed E-state index contributed by atoms with van der Waals surface area (Å²) in [5, 5.41) is 10.5. The van der Waals surface area contributed by atoms with E-state index in [1.165, 1.54) is 33.3 Å². The van der Waals surface area contributed by atoms with Crippen molar-refractivity contribution in [3.8, 4) is 0 Å². The van der Waals surface area contributed by atoms with E-state index in [9.17, 15) is 5.11 Å². The number of para-hydroxylation sites is 1. The van der Waals surface area contributed by atoms with Crippen molar-refractivity contribution >= 4 is 16.5 Å².